The number of carbonyl (C=O) groups excluding carboxylic acids is 1. The summed E-state index contributed by atoms with van der Waals surface area (Å²) >= 11 is 26.6. The van der Waals surface area contributed by atoms with Crippen LogP contribution in [0.2, 0.25) is 54.4 Å². The highest BCUT2D eigenvalue weighted by Gasteiger charge is 2.36. The molecule has 0 bridgehead atoms. The molecule has 0 radical (unpaired) electrons. The molecular formula is C55H93Br4ClF4I4N6O3S2Si3. The average molecular weight is 1970 g/mol. The fourth-order valence-electron chi connectivity index (χ4n) is 7.69. The molecule has 0 saturated heterocycles. The van der Waals surface area contributed by atoms with Crippen LogP contribution in [-0.4, -0.2) is 92.2 Å². The standard InChI is InChI=1S/C17H28BrFN2OSSi.C13H19BrFNOSi.C11H17BrFNSi.C5H3BrFN.C4H11NOS.CH3Cl.CH2I2.2CH3I.CH4/c1-8-24(9-2,10-3)13-11-14(18)20-16(15(13)19)12(4)21-23(22)17(5,6)7;1-5-18(6-2,7-3)10-8-11(14)16-13(9(4)17)12(10)15;1-4-15(5-2,6-3)10-7-11(12)14-8-9(10)13;6-5-2-1-4(7)3-8-5;1-4(2,3)7(5)6;1-2;2-1-3;2*1-2;/h11H,8-10H2,1-7H3;8H,5-7H2,1-4H3;7-8H,4-6H2,1-3H3;1-3H;5H2,1-3H3;1H3;1H2;2*1H3;1H4/t23-;;;;7-;;;;;/m1...1...../s1. The van der Waals surface area contributed by atoms with E-state index in [-0.39, 0.29) is 46.8 Å². The fourth-order valence-corrected chi connectivity index (χ4v) is 21.3. The van der Waals surface area contributed by atoms with E-state index < -0.39 is 56.8 Å². The Morgan fingerprint density at radius 1 is 0.585 bits per heavy atom. The molecule has 9 nitrogen and oxygen atoms in total. The number of alkyl halides is 5. The number of hydrogen-bond donors (Lipinski definition) is 1. The number of hydrogen-bond acceptors (Lipinski definition) is 7. The molecule has 4 rings (SSSR count). The van der Waals surface area contributed by atoms with E-state index in [1.165, 1.54) is 28.0 Å². The first kappa shape index (κ1) is 94.8. The third kappa shape index (κ3) is 33.7. The van der Waals surface area contributed by atoms with Crippen molar-refractivity contribution in [3.05, 3.63) is 95.8 Å². The van der Waals surface area contributed by atoms with Crippen LogP contribution in [0.25, 0.3) is 0 Å². The first-order valence-electron chi connectivity index (χ1n) is 25.9. The number of pyridine rings is 4. The molecule has 0 aliphatic carbocycles. The molecule has 27 heteroatoms. The maximum Gasteiger partial charge on any atom is 0.181 e. The van der Waals surface area contributed by atoms with E-state index in [9.17, 15) is 26.4 Å². The Morgan fingerprint density at radius 2 is 0.890 bits per heavy atom. The summed E-state index contributed by atoms with van der Waals surface area (Å²) in [5.74, 6) is -1.45. The van der Waals surface area contributed by atoms with Crippen molar-refractivity contribution < 1.29 is 30.8 Å². The number of aromatic nitrogens is 4. The van der Waals surface area contributed by atoms with Crippen molar-refractivity contribution in [1.82, 2.24) is 19.9 Å². The van der Waals surface area contributed by atoms with Gasteiger partial charge in [-0.1, -0.05) is 215 Å². The normalized spacial score (nSPS) is 11.8. The average Bonchev–Trinajstić information content (AvgIpc) is 3.43. The van der Waals surface area contributed by atoms with Gasteiger partial charge in [-0.2, -0.15) is 4.40 Å². The zero-order valence-electron chi connectivity index (χ0n) is 50.9. The summed E-state index contributed by atoms with van der Waals surface area (Å²) in [5.41, 5.74) is 0.560. The van der Waals surface area contributed by atoms with Gasteiger partial charge in [-0.3, -0.25) is 9.93 Å². The number of nitrogens with zero attached hydrogens (tertiary/aromatic N) is 5. The second-order valence-corrected chi connectivity index (χ2v) is 46.3. The number of rotatable bonds is 15. The molecule has 4 aromatic rings. The fraction of sp³-hybridized carbons (Fsp3) is 0.600. The zero-order chi connectivity index (χ0) is 64.9. The minimum atomic E-state index is -1.90. The third-order valence-corrected chi connectivity index (χ3v) is 34.3. The van der Waals surface area contributed by atoms with Crippen molar-refractivity contribution in [2.45, 2.75) is 189 Å². The first-order valence-corrected chi connectivity index (χ1v) is 47.4. The molecule has 0 spiro atoms. The zero-order valence-corrected chi connectivity index (χ0v) is 71.2. The monoisotopic (exact) mass is 1970 g/mol. The highest BCUT2D eigenvalue weighted by Crippen LogP contribution is 2.27. The van der Waals surface area contributed by atoms with Gasteiger partial charge < -0.3 is 0 Å². The van der Waals surface area contributed by atoms with E-state index in [2.05, 4.69) is 252 Å². The van der Waals surface area contributed by atoms with E-state index in [0.29, 0.717) is 19.5 Å². The lowest BCUT2D eigenvalue weighted by atomic mass is 10.2. The summed E-state index contributed by atoms with van der Waals surface area (Å²) in [5, 5.41) is 7.50. The molecule has 476 valence electrons. The molecule has 2 atom stereocenters. The SMILES string of the molecule is C.CC(C)(C)[S@](N)=O.CC[Si](CC)(CC)c1cc(Br)nc(C(C)=N[S@](=O)C(C)(C)C)c1F.CC[Si](CC)(CC)c1cc(Br)nc(C(C)=O)c1F.CC[Si](CC)(CC)c1cc(Br)ncc1F.CCl.CI.CI.Fc1ccc(Br)nc1.ICI. The Kier molecular flexibility index (Phi) is 58.2. The van der Waals surface area contributed by atoms with Crippen LogP contribution < -0.4 is 20.7 Å². The summed E-state index contributed by atoms with van der Waals surface area (Å²) in [7, 11) is -7.98. The van der Waals surface area contributed by atoms with Crippen LogP contribution in [0.5, 0.6) is 0 Å². The molecule has 82 heavy (non-hydrogen) atoms. The van der Waals surface area contributed by atoms with Crippen LogP contribution in [0, 0.1) is 23.3 Å². The molecule has 0 amide bonds. The molecule has 0 aromatic carbocycles. The van der Waals surface area contributed by atoms with Gasteiger partial charge in [0.1, 0.15) is 58.2 Å². The molecular weight excluding hydrogens is 1880 g/mol. The Labute approximate surface area is 594 Å². The Balaban J connectivity index is -0.000000222. The van der Waals surface area contributed by atoms with Crippen LogP contribution in [0.15, 0.2) is 65.5 Å². The van der Waals surface area contributed by atoms with Gasteiger partial charge >= 0.3 is 0 Å². The molecule has 0 fully saturated rings. The quantitative estimate of drug-likeness (QED) is 0.0238. The van der Waals surface area contributed by atoms with E-state index in [1.807, 2.05) is 63.5 Å². The van der Waals surface area contributed by atoms with Gasteiger partial charge in [-0.05, 0) is 168 Å². The van der Waals surface area contributed by atoms with Gasteiger partial charge in [-0.15, -0.1) is 11.6 Å². The van der Waals surface area contributed by atoms with Crippen molar-refractivity contribution >= 4 is 239 Å². The number of Topliss-reactive ketones (excluding diaryl/α,β-unsaturated/α-hetero) is 1. The highest BCUT2D eigenvalue weighted by molar-refractivity contribution is 14.2. The minimum absolute atomic E-state index is 0. The summed E-state index contributed by atoms with van der Waals surface area (Å²) in [4.78, 5) is 31.2. The summed E-state index contributed by atoms with van der Waals surface area (Å²) in [6, 6.07) is 17.5. The predicted molar refractivity (Wildman–Crippen MR) is 412 cm³/mol. The summed E-state index contributed by atoms with van der Waals surface area (Å²) in [6.07, 6.45) is 3.96. The van der Waals surface area contributed by atoms with E-state index in [4.69, 9.17) is 5.14 Å². The maximum absolute atomic E-state index is 15.3. The topological polar surface area (TPSA) is 141 Å². The van der Waals surface area contributed by atoms with Crippen molar-refractivity contribution in [2.24, 2.45) is 9.54 Å². The molecule has 4 heterocycles. The lowest BCUT2D eigenvalue weighted by molar-refractivity contribution is 0.100. The second-order valence-electron chi connectivity index (χ2n) is 19.2. The van der Waals surface area contributed by atoms with Crippen molar-refractivity contribution in [1.29, 1.82) is 0 Å². The lowest BCUT2D eigenvalue weighted by Crippen LogP contribution is -2.48. The number of ketones is 1. The number of nitrogens with two attached hydrogens (primary N) is 1. The van der Waals surface area contributed by atoms with Crippen LogP contribution >= 0.6 is 166 Å². The number of carbonyl (C=O) groups is 1. The second kappa shape index (κ2) is 50.4. The van der Waals surface area contributed by atoms with Crippen molar-refractivity contribution in [3.8, 4) is 0 Å². The lowest BCUT2D eigenvalue weighted by Gasteiger charge is -2.29. The smallest absolute Gasteiger partial charge is 0.181 e. The van der Waals surface area contributed by atoms with Crippen LogP contribution in [0.1, 0.15) is 141 Å². The van der Waals surface area contributed by atoms with Crippen molar-refractivity contribution in [2.75, 3.05) is 18.7 Å². The summed E-state index contributed by atoms with van der Waals surface area (Å²) in [6.45, 7) is 33.4. The molecule has 0 unspecified atom stereocenters. The Bertz CT molecular complexity index is 2440. The first-order chi connectivity index (χ1) is 37.7. The summed E-state index contributed by atoms with van der Waals surface area (Å²) < 4.78 is 85.4. The van der Waals surface area contributed by atoms with Gasteiger partial charge in [0.25, 0.3) is 0 Å². The Morgan fingerprint density at radius 3 is 1.17 bits per heavy atom. The van der Waals surface area contributed by atoms with Gasteiger partial charge in [0.05, 0.1) is 65.2 Å². The highest BCUT2D eigenvalue weighted by atomic mass is 127. The maximum atomic E-state index is 15.3. The van der Waals surface area contributed by atoms with E-state index >= 15 is 4.39 Å². The molecule has 0 aliphatic heterocycles. The van der Waals surface area contributed by atoms with Crippen LogP contribution in [0.4, 0.5) is 17.6 Å². The third-order valence-electron chi connectivity index (χ3n) is 13.2. The minimum Gasteiger partial charge on any atom is -0.293 e. The molecule has 0 saturated carbocycles. The molecule has 0 aliphatic rings. The Hall–Kier alpha value is 1.70. The van der Waals surface area contributed by atoms with Gasteiger partial charge in [-0.25, -0.2) is 45.9 Å². The molecule has 4 aromatic heterocycles. The van der Waals surface area contributed by atoms with Crippen molar-refractivity contribution in [3.63, 3.8) is 0 Å². The van der Waals surface area contributed by atoms with Gasteiger partial charge in [0.2, 0.25) is 0 Å². The largest absolute Gasteiger partial charge is 0.293 e. The predicted octanol–water partition coefficient (Wildman–Crippen LogP) is 20.4. The van der Waals surface area contributed by atoms with E-state index in [1.54, 1.807) is 19.1 Å². The van der Waals surface area contributed by atoms with E-state index in [0.717, 1.165) is 80.8 Å². The number of halogens is 13. The van der Waals surface area contributed by atoms with Crippen LogP contribution in [-0.2, 0) is 22.0 Å². The van der Waals surface area contributed by atoms with Gasteiger partial charge in [0, 0.05) is 13.3 Å². The van der Waals surface area contributed by atoms with Crippen LogP contribution in [0.3, 0.4) is 0 Å². The molecule has 2 N–H and O–H groups in total. The van der Waals surface area contributed by atoms with Gasteiger partial charge in [0.15, 0.2) is 11.6 Å².